The molecule has 4 aromatic carbocycles. The van der Waals surface area contributed by atoms with Crippen LogP contribution in [0.25, 0.3) is 6.08 Å². The van der Waals surface area contributed by atoms with Crippen LogP contribution in [-0.4, -0.2) is 36.6 Å². The predicted molar refractivity (Wildman–Crippen MR) is 162 cm³/mol. The fourth-order valence-electron chi connectivity index (χ4n) is 4.25. The quantitative estimate of drug-likeness (QED) is 0.174. The number of para-hydroxylation sites is 4. The van der Waals surface area contributed by atoms with Crippen molar-refractivity contribution < 1.29 is 23.9 Å². The van der Waals surface area contributed by atoms with Crippen LogP contribution in [0.3, 0.4) is 0 Å². The SMILES string of the molecule is COc1ccccc1NC(=O)COc1ccc(C=C2C(=O)N(c3ccccc3)C(=S)N(c3ccccc3)C2=O)cc1. The fraction of sp³-hybridized carbons (Fsp3) is 0.0625. The summed E-state index contributed by atoms with van der Waals surface area (Å²) in [6, 6.07) is 31.7. The van der Waals surface area contributed by atoms with E-state index in [4.69, 9.17) is 21.7 Å². The summed E-state index contributed by atoms with van der Waals surface area (Å²) in [5, 5.41) is 2.83. The van der Waals surface area contributed by atoms with Crippen LogP contribution in [0.2, 0.25) is 0 Å². The van der Waals surface area contributed by atoms with Crippen LogP contribution in [0, 0.1) is 0 Å². The molecule has 1 saturated heterocycles. The molecule has 3 amide bonds. The minimum absolute atomic E-state index is 0.0452. The van der Waals surface area contributed by atoms with E-state index in [-0.39, 0.29) is 23.2 Å². The smallest absolute Gasteiger partial charge is 0.270 e. The number of ether oxygens (including phenoxy) is 2. The first kappa shape index (κ1) is 27.3. The van der Waals surface area contributed by atoms with Gasteiger partial charge < -0.3 is 14.8 Å². The molecule has 0 atom stereocenters. The zero-order valence-corrected chi connectivity index (χ0v) is 22.8. The number of carbonyl (C=O) groups excluding carboxylic acids is 3. The summed E-state index contributed by atoms with van der Waals surface area (Å²) in [5.74, 6) is -0.403. The van der Waals surface area contributed by atoms with Gasteiger partial charge in [0, 0.05) is 0 Å². The van der Waals surface area contributed by atoms with Crippen LogP contribution < -0.4 is 24.6 Å². The molecular formula is C32H25N3O5S. The van der Waals surface area contributed by atoms with Gasteiger partial charge in [-0.3, -0.25) is 24.2 Å². The number of methoxy groups -OCH3 is 1. The molecule has 4 aromatic rings. The zero-order chi connectivity index (χ0) is 28.8. The maximum Gasteiger partial charge on any atom is 0.270 e. The Kier molecular flexibility index (Phi) is 8.17. The molecule has 0 unspecified atom stereocenters. The van der Waals surface area contributed by atoms with E-state index in [0.29, 0.717) is 34.1 Å². The number of hydrogen-bond donors (Lipinski definition) is 1. The van der Waals surface area contributed by atoms with Crippen molar-refractivity contribution in [2.75, 3.05) is 28.8 Å². The van der Waals surface area contributed by atoms with Crippen molar-refractivity contribution in [2.24, 2.45) is 0 Å². The summed E-state index contributed by atoms with van der Waals surface area (Å²) >= 11 is 5.63. The van der Waals surface area contributed by atoms with Crippen LogP contribution in [0.4, 0.5) is 17.1 Å². The Labute approximate surface area is 242 Å². The van der Waals surface area contributed by atoms with Crippen LogP contribution >= 0.6 is 12.2 Å². The standard InChI is InChI=1S/C32H25N3O5S/c1-39-28-15-9-8-14-27(28)33-29(36)21-40-25-18-16-22(17-19-25)20-26-30(37)34(23-10-4-2-5-11-23)32(41)35(31(26)38)24-12-6-3-7-13-24/h2-20H,21H2,1H3,(H,33,36). The monoisotopic (exact) mass is 563 g/mol. The Morgan fingerprint density at radius 1 is 0.780 bits per heavy atom. The molecule has 0 bridgehead atoms. The highest BCUT2D eigenvalue weighted by Gasteiger charge is 2.41. The van der Waals surface area contributed by atoms with Crippen molar-refractivity contribution >= 4 is 58.2 Å². The summed E-state index contributed by atoms with van der Waals surface area (Å²) in [7, 11) is 1.53. The molecule has 0 aromatic heterocycles. The van der Waals surface area contributed by atoms with Crippen molar-refractivity contribution in [1.29, 1.82) is 0 Å². The maximum atomic E-state index is 13.6. The Balaban J connectivity index is 1.35. The van der Waals surface area contributed by atoms with Crippen molar-refractivity contribution in [1.82, 2.24) is 0 Å². The molecule has 0 saturated carbocycles. The van der Waals surface area contributed by atoms with Gasteiger partial charge in [-0.25, -0.2) is 0 Å². The molecule has 8 nitrogen and oxygen atoms in total. The van der Waals surface area contributed by atoms with E-state index < -0.39 is 11.8 Å². The average molecular weight is 564 g/mol. The van der Waals surface area contributed by atoms with Gasteiger partial charge in [-0.1, -0.05) is 60.7 Å². The van der Waals surface area contributed by atoms with Crippen molar-refractivity contribution in [3.05, 3.63) is 120 Å². The lowest BCUT2D eigenvalue weighted by molar-refractivity contribution is -0.121. The number of benzene rings is 4. The van der Waals surface area contributed by atoms with Crippen LogP contribution in [0.1, 0.15) is 5.56 Å². The third-order valence-electron chi connectivity index (χ3n) is 6.22. The molecule has 204 valence electrons. The molecule has 0 radical (unpaired) electrons. The summed E-state index contributed by atoms with van der Waals surface area (Å²) in [6.07, 6.45) is 1.52. The minimum atomic E-state index is -0.522. The van der Waals surface area contributed by atoms with Crippen molar-refractivity contribution in [2.45, 2.75) is 0 Å². The first-order valence-corrected chi connectivity index (χ1v) is 13.1. The normalized spacial score (nSPS) is 13.2. The van der Waals surface area contributed by atoms with Gasteiger partial charge in [0.1, 0.15) is 17.1 Å². The van der Waals surface area contributed by atoms with Gasteiger partial charge in [-0.15, -0.1) is 0 Å². The van der Waals surface area contributed by atoms with Gasteiger partial charge >= 0.3 is 0 Å². The molecule has 9 heteroatoms. The van der Waals surface area contributed by atoms with E-state index in [1.807, 2.05) is 18.2 Å². The van der Waals surface area contributed by atoms with E-state index in [1.54, 1.807) is 91.0 Å². The second-order valence-corrected chi connectivity index (χ2v) is 9.26. The molecule has 41 heavy (non-hydrogen) atoms. The number of nitrogens with zero attached hydrogens (tertiary/aromatic N) is 2. The molecule has 0 aliphatic carbocycles. The van der Waals surface area contributed by atoms with Gasteiger partial charge in [-0.2, -0.15) is 0 Å². The molecule has 1 heterocycles. The molecular weight excluding hydrogens is 538 g/mol. The van der Waals surface area contributed by atoms with E-state index in [2.05, 4.69) is 5.32 Å². The summed E-state index contributed by atoms with van der Waals surface area (Å²) < 4.78 is 10.9. The second-order valence-electron chi connectivity index (χ2n) is 8.90. The lowest BCUT2D eigenvalue weighted by Gasteiger charge is -2.36. The van der Waals surface area contributed by atoms with Crippen LogP contribution in [-0.2, 0) is 14.4 Å². The summed E-state index contributed by atoms with van der Waals surface area (Å²) in [4.78, 5) is 42.3. The fourth-order valence-corrected chi connectivity index (χ4v) is 4.63. The van der Waals surface area contributed by atoms with E-state index in [0.717, 1.165) is 0 Å². The lowest BCUT2D eigenvalue weighted by Crippen LogP contribution is -2.56. The van der Waals surface area contributed by atoms with Crippen molar-refractivity contribution in [3.8, 4) is 11.5 Å². The maximum absolute atomic E-state index is 13.6. The predicted octanol–water partition coefficient (Wildman–Crippen LogP) is 5.46. The summed E-state index contributed by atoms with van der Waals surface area (Å²) in [5.41, 5.74) is 2.20. The number of anilines is 3. The lowest BCUT2D eigenvalue weighted by atomic mass is 10.0. The van der Waals surface area contributed by atoms with E-state index in [1.165, 1.54) is 23.0 Å². The van der Waals surface area contributed by atoms with E-state index >= 15 is 0 Å². The first-order valence-electron chi connectivity index (χ1n) is 12.7. The van der Waals surface area contributed by atoms with Crippen molar-refractivity contribution in [3.63, 3.8) is 0 Å². The third kappa shape index (κ3) is 6.00. The topological polar surface area (TPSA) is 88.2 Å². The second kappa shape index (κ2) is 12.3. The van der Waals surface area contributed by atoms with Gasteiger partial charge in [0.15, 0.2) is 11.7 Å². The first-order chi connectivity index (χ1) is 20.0. The number of hydrogen-bond acceptors (Lipinski definition) is 6. The third-order valence-corrected chi connectivity index (χ3v) is 6.59. The van der Waals surface area contributed by atoms with Crippen LogP contribution in [0.15, 0.2) is 115 Å². The molecule has 5 rings (SSSR count). The molecule has 1 N–H and O–H groups in total. The Morgan fingerprint density at radius 3 is 1.88 bits per heavy atom. The highest BCUT2D eigenvalue weighted by Crippen LogP contribution is 2.30. The van der Waals surface area contributed by atoms with Gasteiger partial charge in [-0.05, 0) is 72.4 Å². The van der Waals surface area contributed by atoms with Gasteiger partial charge in [0.25, 0.3) is 17.7 Å². The largest absolute Gasteiger partial charge is 0.495 e. The highest BCUT2D eigenvalue weighted by atomic mass is 32.1. The highest BCUT2D eigenvalue weighted by molar-refractivity contribution is 7.81. The zero-order valence-electron chi connectivity index (χ0n) is 22.0. The molecule has 1 aliphatic heterocycles. The van der Waals surface area contributed by atoms with Gasteiger partial charge in [0.2, 0.25) is 0 Å². The number of thiocarbonyl (C=S) groups is 1. The minimum Gasteiger partial charge on any atom is -0.495 e. The summed E-state index contributed by atoms with van der Waals surface area (Å²) in [6.45, 7) is -0.217. The van der Waals surface area contributed by atoms with Crippen LogP contribution in [0.5, 0.6) is 11.5 Å². The Bertz CT molecular complexity index is 1560. The molecule has 1 aliphatic rings. The average Bonchev–Trinajstić information content (AvgIpc) is 3.00. The van der Waals surface area contributed by atoms with E-state index in [9.17, 15) is 14.4 Å². The molecule has 0 spiro atoms. The Morgan fingerprint density at radius 2 is 1.32 bits per heavy atom. The number of nitrogens with one attached hydrogen (secondary N) is 1. The van der Waals surface area contributed by atoms with Gasteiger partial charge in [0.05, 0.1) is 24.2 Å². The Hall–Kier alpha value is -5.28. The molecule has 1 fully saturated rings. The number of carbonyl (C=O) groups is 3. The number of rotatable bonds is 8. The number of amides is 3.